The summed E-state index contributed by atoms with van der Waals surface area (Å²) < 4.78 is 5.17. The predicted molar refractivity (Wildman–Crippen MR) is 39.8 cm³/mol. The zero-order chi connectivity index (χ0) is 7.66. The average molecular weight is 145 g/mol. The highest BCUT2D eigenvalue weighted by Crippen LogP contribution is 1.82. The van der Waals surface area contributed by atoms with Gasteiger partial charge in [-0.1, -0.05) is 6.92 Å². The Morgan fingerprint density at radius 2 is 2.30 bits per heavy atom. The molecule has 0 aliphatic carbocycles. The summed E-state index contributed by atoms with van der Waals surface area (Å²) in [6.45, 7) is 4.35. The SMILES string of the molecule is CCCOCCCNC=O. The molecule has 0 aromatic heterocycles. The lowest BCUT2D eigenvalue weighted by Gasteiger charge is -2.00. The van der Waals surface area contributed by atoms with Crippen molar-refractivity contribution >= 4 is 6.41 Å². The maximum atomic E-state index is 9.74. The van der Waals surface area contributed by atoms with Crippen molar-refractivity contribution in [2.75, 3.05) is 19.8 Å². The first-order valence-corrected chi connectivity index (χ1v) is 3.66. The van der Waals surface area contributed by atoms with Crippen LogP contribution in [0, 0.1) is 0 Å². The van der Waals surface area contributed by atoms with Crippen LogP contribution in [-0.2, 0) is 9.53 Å². The normalized spacial score (nSPS) is 9.30. The molecule has 0 aromatic carbocycles. The van der Waals surface area contributed by atoms with Crippen LogP contribution in [0.4, 0.5) is 0 Å². The van der Waals surface area contributed by atoms with Gasteiger partial charge in [-0.2, -0.15) is 0 Å². The van der Waals surface area contributed by atoms with Crippen LogP contribution in [0.15, 0.2) is 0 Å². The van der Waals surface area contributed by atoms with Gasteiger partial charge in [0.15, 0.2) is 0 Å². The van der Waals surface area contributed by atoms with Gasteiger partial charge in [0.05, 0.1) is 0 Å². The summed E-state index contributed by atoms with van der Waals surface area (Å²) in [4.78, 5) is 9.74. The molecule has 1 N–H and O–H groups in total. The standard InChI is InChI=1S/C7H15NO2/c1-2-5-10-6-3-4-8-7-9/h7H,2-6H2,1H3,(H,8,9). The van der Waals surface area contributed by atoms with Crippen molar-refractivity contribution < 1.29 is 9.53 Å². The lowest BCUT2D eigenvalue weighted by molar-refractivity contribution is -0.109. The Kier molecular flexibility index (Phi) is 7.95. The number of hydrogen-bond acceptors (Lipinski definition) is 2. The van der Waals surface area contributed by atoms with E-state index in [4.69, 9.17) is 4.74 Å². The van der Waals surface area contributed by atoms with Crippen molar-refractivity contribution in [3.63, 3.8) is 0 Å². The molecule has 3 nitrogen and oxygen atoms in total. The number of rotatable bonds is 7. The number of ether oxygens (including phenoxy) is 1. The van der Waals surface area contributed by atoms with Crippen molar-refractivity contribution in [1.82, 2.24) is 5.32 Å². The Hall–Kier alpha value is -0.570. The molecule has 3 heteroatoms. The van der Waals surface area contributed by atoms with Crippen molar-refractivity contribution in [1.29, 1.82) is 0 Å². The second-order valence-electron chi connectivity index (χ2n) is 2.04. The molecule has 0 unspecified atom stereocenters. The highest BCUT2D eigenvalue weighted by molar-refractivity contribution is 5.45. The van der Waals surface area contributed by atoms with E-state index < -0.39 is 0 Å². The van der Waals surface area contributed by atoms with Crippen LogP contribution in [0.25, 0.3) is 0 Å². The summed E-state index contributed by atoms with van der Waals surface area (Å²) in [6.07, 6.45) is 2.67. The van der Waals surface area contributed by atoms with E-state index in [0.29, 0.717) is 13.0 Å². The first kappa shape index (κ1) is 9.43. The van der Waals surface area contributed by atoms with E-state index in [1.54, 1.807) is 0 Å². The molecule has 0 atom stereocenters. The molecule has 1 amide bonds. The third kappa shape index (κ3) is 7.43. The number of hydrogen-bond donors (Lipinski definition) is 1. The fraction of sp³-hybridized carbons (Fsp3) is 0.857. The molecule has 0 saturated heterocycles. The van der Waals surface area contributed by atoms with Crippen LogP contribution in [-0.4, -0.2) is 26.2 Å². The zero-order valence-corrected chi connectivity index (χ0v) is 6.43. The van der Waals surface area contributed by atoms with Gasteiger partial charge >= 0.3 is 0 Å². The molecule has 0 aromatic rings. The lowest BCUT2D eigenvalue weighted by Crippen LogP contribution is -2.14. The molecule has 10 heavy (non-hydrogen) atoms. The summed E-state index contributed by atoms with van der Waals surface area (Å²) >= 11 is 0. The van der Waals surface area contributed by atoms with Crippen LogP contribution in [0.1, 0.15) is 19.8 Å². The van der Waals surface area contributed by atoms with Crippen LogP contribution in [0.3, 0.4) is 0 Å². The molecule has 0 aliphatic heterocycles. The topological polar surface area (TPSA) is 38.3 Å². The molecule has 0 spiro atoms. The third-order valence-electron chi connectivity index (χ3n) is 1.04. The molecule has 0 rings (SSSR count). The number of amides is 1. The van der Waals surface area contributed by atoms with Crippen molar-refractivity contribution in [2.45, 2.75) is 19.8 Å². The molecule has 0 bridgehead atoms. The van der Waals surface area contributed by atoms with E-state index >= 15 is 0 Å². The third-order valence-corrected chi connectivity index (χ3v) is 1.04. The van der Waals surface area contributed by atoms with Crippen molar-refractivity contribution in [3.05, 3.63) is 0 Å². The highest BCUT2D eigenvalue weighted by Gasteiger charge is 1.85. The van der Waals surface area contributed by atoms with Crippen LogP contribution >= 0.6 is 0 Å². The monoisotopic (exact) mass is 145 g/mol. The largest absolute Gasteiger partial charge is 0.381 e. The van der Waals surface area contributed by atoms with Crippen LogP contribution < -0.4 is 5.32 Å². The van der Waals surface area contributed by atoms with E-state index in [1.807, 2.05) is 0 Å². The van der Waals surface area contributed by atoms with Gasteiger partial charge in [-0.3, -0.25) is 4.79 Å². The quantitative estimate of drug-likeness (QED) is 0.419. The fourth-order valence-corrected chi connectivity index (χ4v) is 0.582. The molecule has 0 radical (unpaired) electrons. The van der Waals surface area contributed by atoms with Gasteiger partial charge in [-0.15, -0.1) is 0 Å². The van der Waals surface area contributed by atoms with Gasteiger partial charge in [-0.05, 0) is 12.8 Å². The van der Waals surface area contributed by atoms with Crippen LogP contribution in [0.2, 0.25) is 0 Å². The minimum absolute atomic E-state index is 0.708. The Balaban J connectivity index is 2.70. The van der Waals surface area contributed by atoms with E-state index in [9.17, 15) is 4.79 Å². The Morgan fingerprint density at radius 1 is 1.50 bits per heavy atom. The number of nitrogens with one attached hydrogen (secondary N) is 1. The van der Waals surface area contributed by atoms with Gasteiger partial charge < -0.3 is 10.1 Å². The Labute approximate surface area is 61.8 Å². The molecule has 0 heterocycles. The van der Waals surface area contributed by atoms with E-state index in [0.717, 1.165) is 26.1 Å². The van der Waals surface area contributed by atoms with Crippen molar-refractivity contribution in [2.24, 2.45) is 0 Å². The van der Waals surface area contributed by atoms with Gasteiger partial charge in [0.1, 0.15) is 0 Å². The Bertz CT molecular complexity index is 76.0. The first-order chi connectivity index (χ1) is 4.91. The summed E-state index contributed by atoms with van der Waals surface area (Å²) in [6, 6.07) is 0. The zero-order valence-electron chi connectivity index (χ0n) is 6.43. The minimum atomic E-state index is 0.708. The maximum absolute atomic E-state index is 9.74. The van der Waals surface area contributed by atoms with Gasteiger partial charge in [0.25, 0.3) is 0 Å². The van der Waals surface area contributed by atoms with Crippen LogP contribution in [0.5, 0.6) is 0 Å². The second-order valence-corrected chi connectivity index (χ2v) is 2.04. The summed E-state index contributed by atoms with van der Waals surface area (Å²) in [5.41, 5.74) is 0. The average Bonchev–Trinajstić information content (AvgIpc) is 1.97. The lowest BCUT2D eigenvalue weighted by atomic mass is 10.4. The molecular formula is C7H15NO2. The van der Waals surface area contributed by atoms with Gasteiger partial charge in [0, 0.05) is 19.8 Å². The Morgan fingerprint density at radius 3 is 2.90 bits per heavy atom. The predicted octanol–water partition coefficient (Wildman–Crippen LogP) is 0.549. The maximum Gasteiger partial charge on any atom is 0.207 e. The highest BCUT2D eigenvalue weighted by atomic mass is 16.5. The summed E-state index contributed by atoms with van der Waals surface area (Å²) in [5.74, 6) is 0. The smallest absolute Gasteiger partial charge is 0.207 e. The summed E-state index contributed by atoms with van der Waals surface area (Å²) in [7, 11) is 0. The molecule has 0 fully saturated rings. The fourth-order valence-electron chi connectivity index (χ4n) is 0.582. The van der Waals surface area contributed by atoms with Crippen molar-refractivity contribution in [3.8, 4) is 0 Å². The molecule has 60 valence electrons. The first-order valence-electron chi connectivity index (χ1n) is 3.66. The van der Waals surface area contributed by atoms with E-state index in [1.165, 1.54) is 0 Å². The van der Waals surface area contributed by atoms with E-state index in [-0.39, 0.29) is 0 Å². The molecule has 0 aliphatic rings. The van der Waals surface area contributed by atoms with Gasteiger partial charge in [-0.25, -0.2) is 0 Å². The number of carbonyl (C=O) groups excluding carboxylic acids is 1. The van der Waals surface area contributed by atoms with E-state index in [2.05, 4.69) is 12.2 Å². The number of carbonyl (C=O) groups is 1. The molecular weight excluding hydrogens is 130 g/mol. The minimum Gasteiger partial charge on any atom is -0.381 e. The second kappa shape index (κ2) is 8.43. The van der Waals surface area contributed by atoms with Gasteiger partial charge in [0.2, 0.25) is 6.41 Å². The summed E-state index contributed by atoms with van der Waals surface area (Å²) in [5, 5.41) is 2.56. The molecule has 0 saturated carbocycles.